The van der Waals surface area contributed by atoms with Gasteiger partial charge in [0.15, 0.2) is 0 Å². The molecule has 1 saturated heterocycles. The fourth-order valence-electron chi connectivity index (χ4n) is 2.77. The normalized spacial score (nSPS) is 17.1. The predicted molar refractivity (Wildman–Crippen MR) is 93.8 cm³/mol. The van der Waals surface area contributed by atoms with Gasteiger partial charge in [0.25, 0.3) is 5.56 Å². The number of aromatic nitrogens is 1. The lowest BCUT2D eigenvalue weighted by molar-refractivity contribution is -0.155. The molecule has 0 spiro atoms. The second-order valence-electron chi connectivity index (χ2n) is 7.21. The van der Waals surface area contributed by atoms with Crippen LogP contribution in [0.3, 0.4) is 0 Å². The van der Waals surface area contributed by atoms with Crippen LogP contribution in [0.15, 0.2) is 28.0 Å². The Morgan fingerprint density at radius 1 is 1.16 bits per heavy atom. The van der Waals surface area contributed by atoms with E-state index in [2.05, 4.69) is 0 Å². The van der Waals surface area contributed by atoms with Crippen molar-refractivity contribution >= 4 is 16.0 Å². The summed E-state index contributed by atoms with van der Waals surface area (Å²) >= 11 is 0. The van der Waals surface area contributed by atoms with Gasteiger partial charge in [-0.1, -0.05) is 12.8 Å². The van der Waals surface area contributed by atoms with Gasteiger partial charge < -0.3 is 9.30 Å². The Morgan fingerprint density at radius 2 is 1.76 bits per heavy atom. The van der Waals surface area contributed by atoms with Gasteiger partial charge in [0, 0.05) is 19.3 Å². The molecule has 0 atom stereocenters. The predicted octanol–water partition coefficient (Wildman–Crippen LogP) is 1.75. The molecular formula is C17H26N2O5S. The molecular weight excluding hydrogens is 344 g/mol. The smallest absolute Gasteiger partial charge is 0.326 e. The van der Waals surface area contributed by atoms with E-state index in [9.17, 15) is 18.0 Å². The standard InChI is InChI=1S/C17H26N2O5S/c1-17(2,3)24-15(20)13-18-10-8-9-14(16(18)21)25(22,23)19-11-6-4-5-7-12-19/h8-10H,4-7,11-13H2,1-3H3. The van der Waals surface area contributed by atoms with Crippen LogP contribution < -0.4 is 5.56 Å². The molecule has 2 heterocycles. The van der Waals surface area contributed by atoms with Gasteiger partial charge >= 0.3 is 5.97 Å². The van der Waals surface area contributed by atoms with Gasteiger partial charge in [-0.2, -0.15) is 4.31 Å². The summed E-state index contributed by atoms with van der Waals surface area (Å²) in [6, 6.07) is 2.77. The molecule has 0 saturated carbocycles. The maximum absolute atomic E-state index is 12.8. The van der Waals surface area contributed by atoms with Gasteiger partial charge in [0.1, 0.15) is 17.0 Å². The van der Waals surface area contributed by atoms with Crippen molar-refractivity contribution in [2.45, 2.75) is 63.5 Å². The van der Waals surface area contributed by atoms with E-state index >= 15 is 0 Å². The molecule has 0 radical (unpaired) electrons. The lowest BCUT2D eigenvalue weighted by atomic mass is 10.2. The van der Waals surface area contributed by atoms with Crippen molar-refractivity contribution in [1.82, 2.24) is 8.87 Å². The van der Waals surface area contributed by atoms with Crippen molar-refractivity contribution in [1.29, 1.82) is 0 Å². The molecule has 2 rings (SSSR count). The van der Waals surface area contributed by atoms with Crippen LogP contribution in [0.4, 0.5) is 0 Å². The minimum Gasteiger partial charge on any atom is -0.459 e. The van der Waals surface area contributed by atoms with E-state index in [1.165, 1.54) is 22.6 Å². The van der Waals surface area contributed by atoms with E-state index in [0.717, 1.165) is 30.3 Å². The van der Waals surface area contributed by atoms with E-state index in [4.69, 9.17) is 4.74 Å². The molecule has 1 fully saturated rings. The topological polar surface area (TPSA) is 85.7 Å². The van der Waals surface area contributed by atoms with E-state index in [1.54, 1.807) is 20.8 Å². The first kappa shape index (κ1) is 19.7. The number of esters is 1. The molecule has 1 aromatic rings. The maximum atomic E-state index is 12.8. The number of rotatable bonds is 4. The van der Waals surface area contributed by atoms with Crippen LogP contribution >= 0.6 is 0 Å². The highest BCUT2D eigenvalue weighted by atomic mass is 32.2. The SMILES string of the molecule is CC(C)(C)OC(=O)Cn1cccc(S(=O)(=O)N2CCCCCC2)c1=O. The summed E-state index contributed by atoms with van der Waals surface area (Å²) in [4.78, 5) is 24.3. The highest BCUT2D eigenvalue weighted by Crippen LogP contribution is 2.18. The highest BCUT2D eigenvalue weighted by Gasteiger charge is 2.28. The van der Waals surface area contributed by atoms with Gasteiger partial charge in [-0.25, -0.2) is 8.42 Å². The zero-order valence-corrected chi connectivity index (χ0v) is 15.8. The van der Waals surface area contributed by atoms with Gasteiger partial charge in [-0.15, -0.1) is 0 Å². The van der Waals surface area contributed by atoms with Gasteiger partial charge in [-0.05, 0) is 45.7 Å². The number of nitrogens with zero attached hydrogens (tertiary/aromatic N) is 2. The Morgan fingerprint density at radius 3 is 2.32 bits per heavy atom. The lowest BCUT2D eigenvalue weighted by Crippen LogP contribution is -2.38. The lowest BCUT2D eigenvalue weighted by Gasteiger charge is -2.21. The quantitative estimate of drug-likeness (QED) is 0.754. The van der Waals surface area contributed by atoms with Crippen molar-refractivity contribution in [3.8, 4) is 0 Å². The first-order valence-corrected chi connectivity index (χ1v) is 9.97. The number of ether oxygens (including phenoxy) is 1. The molecule has 1 aliphatic heterocycles. The van der Waals surface area contributed by atoms with E-state index in [0.29, 0.717) is 13.1 Å². The molecule has 25 heavy (non-hydrogen) atoms. The molecule has 1 aromatic heterocycles. The van der Waals surface area contributed by atoms with Crippen molar-refractivity contribution in [2.24, 2.45) is 0 Å². The van der Waals surface area contributed by atoms with Crippen molar-refractivity contribution in [3.63, 3.8) is 0 Å². The summed E-state index contributed by atoms with van der Waals surface area (Å²) < 4.78 is 33.3. The Labute approximate surface area is 148 Å². The summed E-state index contributed by atoms with van der Waals surface area (Å²) in [5.74, 6) is -0.584. The first-order chi connectivity index (χ1) is 11.6. The first-order valence-electron chi connectivity index (χ1n) is 8.53. The van der Waals surface area contributed by atoms with Crippen LogP contribution in [-0.4, -0.2) is 41.9 Å². The van der Waals surface area contributed by atoms with Gasteiger partial charge in [0.05, 0.1) is 0 Å². The fourth-order valence-corrected chi connectivity index (χ4v) is 4.38. The number of sulfonamides is 1. The minimum atomic E-state index is -3.86. The zero-order valence-electron chi connectivity index (χ0n) is 15.0. The molecule has 7 nitrogen and oxygen atoms in total. The Balaban J connectivity index is 2.28. The second kappa shape index (κ2) is 7.70. The molecule has 1 aliphatic rings. The Hall–Kier alpha value is -1.67. The summed E-state index contributed by atoms with van der Waals surface area (Å²) in [5.41, 5.74) is -1.37. The molecule has 0 bridgehead atoms. The fraction of sp³-hybridized carbons (Fsp3) is 0.647. The average molecular weight is 370 g/mol. The molecule has 0 aromatic carbocycles. The van der Waals surface area contributed by atoms with Crippen LogP contribution in [0.1, 0.15) is 46.5 Å². The van der Waals surface area contributed by atoms with Crippen LogP contribution in [-0.2, 0) is 26.1 Å². The summed E-state index contributed by atoms with van der Waals surface area (Å²) in [5, 5.41) is 0. The van der Waals surface area contributed by atoms with Crippen molar-refractivity contribution < 1.29 is 17.9 Å². The third-order valence-corrected chi connectivity index (χ3v) is 5.80. The molecule has 8 heteroatoms. The van der Waals surface area contributed by atoms with Gasteiger partial charge in [-0.3, -0.25) is 9.59 Å². The van der Waals surface area contributed by atoms with Crippen LogP contribution in [0, 0.1) is 0 Å². The van der Waals surface area contributed by atoms with E-state index in [-0.39, 0.29) is 11.4 Å². The number of carbonyl (C=O) groups is 1. The maximum Gasteiger partial charge on any atom is 0.326 e. The van der Waals surface area contributed by atoms with Crippen LogP contribution in [0.25, 0.3) is 0 Å². The number of hydrogen-bond acceptors (Lipinski definition) is 5. The van der Waals surface area contributed by atoms with Crippen molar-refractivity contribution in [3.05, 3.63) is 28.7 Å². The summed E-state index contributed by atoms with van der Waals surface area (Å²) in [7, 11) is -3.86. The average Bonchev–Trinajstić information content (AvgIpc) is 2.77. The highest BCUT2D eigenvalue weighted by molar-refractivity contribution is 7.89. The monoisotopic (exact) mass is 370 g/mol. The second-order valence-corrected chi connectivity index (χ2v) is 9.12. The number of hydrogen-bond donors (Lipinski definition) is 0. The third kappa shape index (κ3) is 5.15. The molecule has 0 aliphatic carbocycles. The third-order valence-electron chi connectivity index (χ3n) is 3.89. The number of carbonyl (C=O) groups excluding carboxylic acids is 1. The van der Waals surface area contributed by atoms with Crippen LogP contribution in [0.5, 0.6) is 0 Å². The van der Waals surface area contributed by atoms with E-state index < -0.39 is 27.2 Å². The van der Waals surface area contributed by atoms with E-state index in [1.807, 2.05) is 0 Å². The molecule has 0 amide bonds. The zero-order chi connectivity index (χ0) is 18.7. The summed E-state index contributed by atoms with van der Waals surface area (Å²) in [6.45, 7) is 5.71. The van der Waals surface area contributed by atoms with Crippen LogP contribution in [0.2, 0.25) is 0 Å². The minimum absolute atomic E-state index is 0.291. The number of pyridine rings is 1. The van der Waals surface area contributed by atoms with Crippen molar-refractivity contribution in [2.75, 3.05) is 13.1 Å². The molecule has 0 unspecified atom stereocenters. The molecule has 0 N–H and O–H groups in total. The largest absolute Gasteiger partial charge is 0.459 e. The summed E-state index contributed by atoms with van der Waals surface area (Å²) in [6.07, 6.45) is 4.96. The molecule has 140 valence electrons. The Bertz CT molecular complexity index is 769. The van der Waals surface area contributed by atoms with Gasteiger partial charge in [0.2, 0.25) is 10.0 Å². The Kier molecular flexibility index (Phi) is 6.05.